The second kappa shape index (κ2) is 10.7. The molecule has 8 rings (SSSR count). The summed E-state index contributed by atoms with van der Waals surface area (Å²) in [4.78, 5) is 57.6. The molecule has 2 N–H and O–H groups in total. The molecule has 4 aromatic rings. The zero-order valence-electron chi connectivity index (χ0n) is 26.3. The van der Waals surface area contributed by atoms with E-state index in [0.717, 1.165) is 26.1 Å². The number of thiophene rings is 1. The van der Waals surface area contributed by atoms with Crippen LogP contribution in [0.3, 0.4) is 0 Å². The van der Waals surface area contributed by atoms with Crippen LogP contribution in [0.25, 0.3) is 20.7 Å². The maximum atomic E-state index is 14.9. The van der Waals surface area contributed by atoms with Crippen molar-refractivity contribution in [2.24, 2.45) is 36.1 Å². The van der Waals surface area contributed by atoms with E-state index in [1.54, 1.807) is 48.2 Å². The largest absolute Gasteiger partial charge is 0.503 e. The number of halogens is 2. The topological polar surface area (TPSA) is 131 Å². The van der Waals surface area contributed by atoms with Gasteiger partial charge in [-0.25, -0.2) is 4.90 Å². The molecule has 0 spiro atoms. The quantitative estimate of drug-likeness (QED) is 0.193. The molecular weight excluding hydrogens is 675 g/mol. The van der Waals surface area contributed by atoms with Gasteiger partial charge in [-0.2, -0.15) is 5.10 Å². The minimum absolute atomic E-state index is 0.0274. The van der Waals surface area contributed by atoms with Crippen LogP contribution in [0.1, 0.15) is 36.8 Å². The van der Waals surface area contributed by atoms with Crippen LogP contribution >= 0.6 is 34.5 Å². The molecular formula is C35H30Cl2N4O6S. The number of ether oxygens (including phenoxy) is 1. The first-order valence-electron chi connectivity index (χ1n) is 15.6. The zero-order valence-corrected chi connectivity index (χ0v) is 28.7. The summed E-state index contributed by atoms with van der Waals surface area (Å²) in [5.74, 6) is -4.51. The predicted molar refractivity (Wildman–Crippen MR) is 181 cm³/mol. The fraction of sp³-hybridized carbons (Fsp3) is 0.343. The van der Waals surface area contributed by atoms with E-state index in [0.29, 0.717) is 28.5 Å². The Labute approximate surface area is 289 Å². The van der Waals surface area contributed by atoms with Gasteiger partial charge < -0.3 is 9.84 Å². The highest BCUT2D eigenvalue weighted by Gasteiger charge is 2.67. The molecule has 2 saturated heterocycles. The molecule has 0 bridgehead atoms. The average Bonchev–Trinajstić information content (AvgIpc) is 3.73. The zero-order chi connectivity index (χ0) is 34.0. The number of carbonyl (C=O) groups is 4. The summed E-state index contributed by atoms with van der Waals surface area (Å²) in [5.41, 5.74) is 1.68. The lowest BCUT2D eigenvalue weighted by Gasteiger charge is -2.49. The van der Waals surface area contributed by atoms with Crippen molar-refractivity contribution >= 4 is 74.1 Å². The summed E-state index contributed by atoms with van der Waals surface area (Å²) in [5, 5.41) is 19.5. The number of benzene rings is 2. The summed E-state index contributed by atoms with van der Waals surface area (Å²) in [6.45, 7) is 3.78. The molecule has 2 aromatic heterocycles. The number of aromatic hydroxyl groups is 1. The lowest BCUT2D eigenvalue weighted by Crippen LogP contribution is -2.48. The number of imide groups is 2. The second-order valence-electron chi connectivity index (χ2n) is 13.3. The van der Waals surface area contributed by atoms with Crippen LogP contribution in [0.15, 0.2) is 48.0 Å². The fourth-order valence-electron chi connectivity index (χ4n) is 8.66. The molecule has 2 aliphatic heterocycles. The summed E-state index contributed by atoms with van der Waals surface area (Å²) < 4.78 is 8.02. The van der Waals surface area contributed by atoms with E-state index in [1.165, 1.54) is 12.0 Å². The van der Waals surface area contributed by atoms with Gasteiger partial charge in [0, 0.05) is 28.8 Å². The van der Waals surface area contributed by atoms with Crippen LogP contribution in [0.5, 0.6) is 11.5 Å². The molecule has 3 fully saturated rings. The molecule has 4 amide bonds. The maximum Gasteiger partial charge on any atom is 0.242 e. The summed E-state index contributed by atoms with van der Waals surface area (Å²) >= 11 is 14.3. The first-order valence-corrected chi connectivity index (χ1v) is 17.1. The van der Waals surface area contributed by atoms with Crippen LogP contribution in [-0.4, -0.2) is 45.6 Å². The highest BCUT2D eigenvalue weighted by atomic mass is 35.5. The van der Waals surface area contributed by atoms with Gasteiger partial charge in [-0.3, -0.25) is 29.2 Å². The van der Waals surface area contributed by atoms with Crippen molar-refractivity contribution in [2.75, 3.05) is 12.0 Å². The van der Waals surface area contributed by atoms with Gasteiger partial charge in [0.05, 0.1) is 40.2 Å². The number of nitrogens with zero attached hydrogens (tertiary/aromatic N) is 3. The third kappa shape index (κ3) is 4.13. The monoisotopic (exact) mass is 704 g/mol. The van der Waals surface area contributed by atoms with Crippen molar-refractivity contribution in [3.05, 3.63) is 69.2 Å². The summed E-state index contributed by atoms with van der Waals surface area (Å²) in [6.07, 6.45) is 2.49. The summed E-state index contributed by atoms with van der Waals surface area (Å²) in [7, 11) is 3.11. The number of phenols is 1. The number of nitrogens with one attached hydrogen (secondary N) is 1. The predicted octanol–water partition coefficient (Wildman–Crippen LogP) is 6.15. The smallest absolute Gasteiger partial charge is 0.242 e. The van der Waals surface area contributed by atoms with Crippen LogP contribution < -0.4 is 15.0 Å². The highest BCUT2D eigenvalue weighted by Crippen LogP contribution is 2.64. The molecule has 48 heavy (non-hydrogen) atoms. The van der Waals surface area contributed by atoms with Gasteiger partial charge in [-0.1, -0.05) is 34.9 Å². The van der Waals surface area contributed by atoms with Crippen molar-refractivity contribution < 1.29 is 29.0 Å². The fourth-order valence-corrected chi connectivity index (χ4v) is 10.2. The number of aromatic nitrogens is 2. The number of carbonyl (C=O) groups excluding carboxylic acids is 4. The van der Waals surface area contributed by atoms with Crippen molar-refractivity contribution in [3.63, 3.8) is 0 Å². The van der Waals surface area contributed by atoms with Gasteiger partial charge in [0.25, 0.3) is 0 Å². The van der Waals surface area contributed by atoms with Crippen molar-refractivity contribution in [1.82, 2.24) is 15.1 Å². The minimum Gasteiger partial charge on any atom is -0.503 e. The van der Waals surface area contributed by atoms with Gasteiger partial charge >= 0.3 is 0 Å². The van der Waals surface area contributed by atoms with E-state index in [2.05, 4.69) is 5.32 Å². The Morgan fingerprint density at radius 1 is 1.08 bits per heavy atom. The lowest BCUT2D eigenvalue weighted by molar-refractivity contribution is -0.131. The van der Waals surface area contributed by atoms with Gasteiger partial charge in [-0.05, 0) is 79.5 Å². The van der Waals surface area contributed by atoms with E-state index in [-0.39, 0.29) is 34.8 Å². The Bertz CT molecular complexity index is 2170. The third-order valence-corrected chi connectivity index (χ3v) is 12.8. The number of rotatable bonds is 4. The molecule has 4 aliphatic rings. The Hall–Kier alpha value is -4.19. The average molecular weight is 706 g/mol. The molecule has 10 nitrogen and oxygen atoms in total. The van der Waals surface area contributed by atoms with Gasteiger partial charge in [0.15, 0.2) is 11.5 Å². The van der Waals surface area contributed by atoms with Crippen LogP contribution in [0.2, 0.25) is 10.0 Å². The number of amides is 4. The molecule has 246 valence electrons. The van der Waals surface area contributed by atoms with Crippen LogP contribution in [-0.2, 0) is 26.2 Å². The number of fused-ring (bicyclic) bond motifs is 5. The number of methoxy groups -OCH3 is 1. The Balaban J connectivity index is 1.27. The number of aryl methyl sites for hydroxylation is 2. The number of hydrogen-bond acceptors (Lipinski definition) is 8. The second-order valence-corrected chi connectivity index (χ2v) is 15.2. The van der Waals surface area contributed by atoms with Crippen LogP contribution in [0.4, 0.5) is 5.82 Å². The van der Waals surface area contributed by atoms with E-state index < -0.39 is 46.8 Å². The molecule has 6 atom stereocenters. The first-order chi connectivity index (χ1) is 22.8. The van der Waals surface area contributed by atoms with E-state index in [4.69, 9.17) is 33.0 Å². The maximum absolute atomic E-state index is 14.9. The third-order valence-electron chi connectivity index (χ3n) is 10.9. The van der Waals surface area contributed by atoms with Gasteiger partial charge in [0.2, 0.25) is 23.6 Å². The highest BCUT2D eigenvalue weighted by molar-refractivity contribution is 7.22. The van der Waals surface area contributed by atoms with E-state index in [1.807, 2.05) is 31.2 Å². The number of hydrogen-bond donors (Lipinski definition) is 2. The number of anilines is 1. The molecule has 2 aliphatic carbocycles. The minimum atomic E-state index is -1.30. The summed E-state index contributed by atoms with van der Waals surface area (Å²) in [6, 6.07) is 10.7. The Morgan fingerprint density at radius 2 is 1.85 bits per heavy atom. The van der Waals surface area contributed by atoms with Crippen molar-refractivity contribution in [1.29, 1.82) is 0 Å². The van der Waals surface area contributed by atoms with Crippen molar-refractivity contribution in [2.45, 2.75) is 32.6 Å². The molecule has 0 radical (unpaired) electrons. The number of phenolic OH excluding ortho intramolecular Hbond substituents is 1. The van der Waals surface area contributed by atoms with E-state index in [9.17, 15) is 24.3 Å². The van der Waals surface area contributed by atoms with Gasteiger partial charge in [0.1, 0.15) is 11.5 Å². The first kappa shape index (κ1) is 31.1. The van der Waals surface area contributed by atoms with Gasteiger partial charge in [-0.15, -0.1) is 11.3 Å². The molecule has 1 saturated carbocycles. The van der Waals surface area contributed by atoms with Crippen LogP contribution in [0, 0.1) is 36.0 Å². The SMILES string of the molecule is COc1cc(C2C3=CCC4C(=O)NC(=O)C4C3CC3C(=O)N(c4cc(-c5sc6ccc(Cl)cc6c5C)nn4C)C(=O)C32C)cc(Cl)c1O. The molecule has 2 aromatic carbocycles. The number of allylic oxidation sites excluding steroid dienone is 2. The molecule has 4 heterocycles. The Morgan fingerprint density at radius 3 is 2.60 bits per heavy atom. The standard InChI is InChI=1S/C35H30Cl2N4O6S/c1-14-19-11-16(36)5-8-25(19)48-30(14)23-13-26(40(3)39-23)41-33(45)21-12-20-17(6-7-18-27(20)32(44)38-31(18)43)28(35(21,2)34(41)46)15-9-22(37)29(42)24(10-15)47-4/h5-6,8-11,13,18,20-21,27-28,42H,7,12H2,1-4H3,(H,38,43,44). The van der Waals surface area contributed by atoms with E-state index >= 15 is 0 Å². The molecule has 13 heteroatoms. The Kier molecular flexibility index (Phi) is 6.90. The molecule has 6 unspecified atom stereocenters. The van der Waals surface area contributed by atoms with Crippen molar-refractivity contribution in [3.8, 4) is 22.1 Å². The normalized spacial score (nSPS) is 28.0. The lowest BCUT2D eigenvalue weighted by atomic mass is 9.51.